The van der Waals surface area contributed by atoms with Gasteiger partial charge in [0.1, 0.15) is 11.6 Å². The number of halogens is 2. The van der Waals surface area contributed by atoms with Gasteiger partial charge >= 0.3 is 0 Å². The third-order valence-electron chi connectivity index (χ3n) is 2.68. The second kappa shape index (κ2) is 5.66. The Morgan fingerprint density at radius 3 is 2.28 bits per heavy atom. The monoisotopic (exact) mass is 249 g/mol. The first kappa shape index (κ1) is 12.6. The SMILES string of the molecule is NNC(Cc1ccncc1)c1cc(F)cc(F)c1. The molecule has 5 heteroatoms. The molecule has 0 radical (unpaired) electrons. The first-order valence-corrected chi connectivity index (χ1v) is 5.50. The summed E-state index contributed by atoms with van der Waals surface area (Å²) < 4.78 is 26.3. The van der Waals surface area contributed by atoms with Crippen molar-refractivity contribution in [2.75, 3.05) is 0 Å². The van der Waals surface area contributed by atoms with Crippen LogP contribution in [0.3, 0.4) is 0 Å². The first-order chi connectivity index (χ1) is 8.69. The lowest BCUT2D eigenvalue weighted by Crippen LogP contribution is -2.29. The van der Waals surface area contributed by atoms with Crippen LogP contribution in [-0.4, -0.2) is 4.98 Å². The first-order valence-electron chi connectivity index (χ1n) is 5.50. The molecule has 0 saturated carbocycles. The summed E-state index contributed by atoms with van der Waals surface area (Å²) in [4.78, 5) is 3.91. The number of rotatable bonds is 4. The molecule has 3 N–H and O–H groups in total. The summed E-state index contributed by atoms with van der Waals surface area (Å²) in [6.07, 6.45) is 3.85. The predicted octanol–water partition coefficient (Wildman–Crippen LogP) is 2.11. The van der Waals surface area contributed by atoms with E-state index in [4.69, 9.17) is 5.84 Å². The molecule has 0 bridgehead atoms. The molecule has 2 aromatic rings. The average molecular weight is 249 g/mol. The van der Waals surface area contributed by atoms with Crippen molar-refractivity contribution in [2.24, 2.45) is 5.84 Å². The van der Waals surface area contributed by atoms with Crippen LogP contribution < -0.4 is 11.3 Å². The van der Waals surface area contributed by atoms with E-state index in [2.05, 4.69) is 10.4 Å². The maximum Gasteiger partial charge on any atom is 0.126 e. The van der Waals surface area contributed by atoms with E-state index in [1.54, 1.807) is 12.4 Å². The van der Waals surface area contributed by atoms with E-state index in [9.17, 15) is 8.78 Å². The Morgan fingerprint density at radius 1 is 1.11 bits per heavy atom. The Morgan fingerprint density at radius 2 is 1.72 bits per heavy atom. The molecule has 1 aromatic carbocycles. The van der Waals surface area contributed by atoms with Gasteiger partial charge in [-0.25, -0.2) is 8.78 Å². The number of nitrogens with two attached hydrogens (primary N) is 1. The van der Waals surface area contributed by atoms with Crippen LogP contribution in [0.25, 0.3) is 0 Å². The number of benzene rings is 1. The molecule has 3 nitrogen and oxygen atoms in total. The summed E-state index contributed by atoms with van der Waals surface area (Å²) in [5.41, 5.74) is 4.03. The summed E-state index contributed by atoms with van der Waals surface area (Å²) in [5.74, 6) is 4.22. The van der Waals surface area contributed by atoms with E-state index < -0.39 is 11.6 Å². The van der Waals surface area contributed by atoms with Crippen LogP contribution >= 0.6 is 0 Å². The molecule has 0 aliphatic rings. The Labute approximate surface area is 104 Å². The van der Waals surface area contributed by atoms with Crippen molar-refractivity contribution in [3.8, 4) is 0 Å². The van der Waals surface area contributed by atoms with Crippen LogP contribution in [0.1, 0.15) is 17.2 Å². The number of nitrogens with one attached hydrogen (secondary N) is 1. The van der Waals surface area contributed by atoms with Crippen molar-refractivity contribution < 1.29 is 8.78 Å². The van der Waals surface area contributed by atoms with Crippen molar-refractivity contribution in [1.29, 1.82) is 0 Å². The molecular weight excluding hydrogens is 236 g/mol. The smallest absolute Gasteiger partial charge is 0.126 e. The van der Waals surface area contributed by atoms with Crippen LogP contribution in [0, 0.1) is 11.6 Å². The predicted molar refractivity (Wildman–Crippen MR) is 64.4 cm³/mol. The minimum Gasteiger partial charge on any atom is -0.271 e. The maximum absolute atomic E-state index is 13.1. The summed E-state index contributed by atoms with van der Waals surface area (Å²) in [7, 11) is 0. The molecule has 0 saturated heterocycles. The number of hydrazine groups is 1. The average Bonchev–Trinajstić information content (AvgIpc) is 2.36. The number of aromatic nitrogens is 1. The largest absolute Gasteiger partial charge is 0.271 e. The van der Waals surface area contributed by atoms with Crippen LogP contribution in [0.15, 0.2) is 42.7 Å². The lowest BCUT2D eigenvalue weighted by Gasteiger charge is -2.16. The van der Waals surface area contributed by atoms with E-state index in [1.807, 2.05) is 12.1 Å². The molecule has 2 rings (SSSR count). The lowest BCUT2D eigenvalue weighted by molar-refractivity contribution is 0.530. The van der Waals surface area contributed by atoms with Gasteiger partial charge in [-0.15, -0.1) is 0 Å². The highest BCUT2D eigenvalue weighted by molar-refractivity contribution is 5.24. The normalized spacial score (nSPS) is 12.4. The van der Waals surface area contributed by atoms with Gasteiger partial charge in [0, 0.05) is 18.5 Å². The number of nitrogens with zero attached hydrogens (tertiary/aromatic N) is 1. The Kier molecular flexibility index (Phi) is 3.96. The van der Waals surface area contributed by atoms with Crippen LogP contribution in [0.2, 0.25) is 0 Å². The summed E-state index contributed by atoms with van der Waals surface area (Å²) in [6.45, 7) is 0. The van der Waals surface area contributed by atoms with E-state index in [-0.39, 0.29) is 6.04 Å². The topological polar surface area (TPSA) is 50.9 Å². The van der Waals surface area contributed by atoms with Crippen molar-refractivity contribution in [3.63, 3.8) is 0 Å². The minimum atomic E-state index is -0.611. The van der Waals surface area contributed by atoms with Gasteiger partial charge in [0.25, 0.3) is 0 Å². The molecule has 0 amide bonds. The highest BCUT2D eigenvalue weighted by Gasteiger charge is 2.12. The molecule has 94 valence electrons. The molecule has 1 unspecified atom stereocenters. The van der Waals surface area contributed by atoms with Gasteiger partial charge in [0.05, 0.1) is 6.04 Å². The fourth-order valence-corrected chi connectivity index (χ4v) is 1.80. The number of hydrogen-bond donors (Lipinski definition) is 2. The summed E-state index contributed by atoms with van der Waals surface area (Å²) >= 11 is 0. The standard InChI is InChI=1S/C13H13F2N3/c14-11-6-10(7-12(15)8-11)13(18-16)5-9-1-3-17-4-2-9/h1-4,6-8,13,18H,5,16H2. The van der Waals surface area contributed by atoms with Gasteiger partial charge in [0.15, 0.2) is 0 Å². The molecule has 0 aliphatic carbocycles. The third kappa shape index (κ3) is 3.09. The van der Waals surface area contributed by atoms with E-state index in [0.29, 0.717) is 12.0 Å². The van der Waals surface area contributed by atoms with Crippen molar-refractivity contribution in [2.45, 2.75) is 12.5 Å². The zero-order valence-corrected chi connectivity index (χ0v) is 9.61. The van der Waals surface area contributed by atoms with Gasteiger partial charge in [-0.05, 0) is 41.8 Å². The van der Waals surface area contributed by atoms with Gasteiger partial charge in [-0.3, -0.25) is 16.3 Å². The highest BCUT2D eigenvalue weighted by atomic mass is 19.1. The fraction of sp³-hybridized carbons (Fsp3) is 0.154. The lowest BCUT2D eigenvalue weighted by atomic mass is 10.00. The molecule has 18 heavy (non-hydrogen) atoms. The maximum atomic E-state index is 13.1. The quantitative estimate of drug-likeness (QED) is 0.644. The van der Waals surface area contributed by atoms with Crippen LogP contribution in [0.5, 0.6) is 0 Å². The molecule has 1 atom stereocenters. The van der Waals surface area contributed by atoms with Crippen LogP contribution in [-0.2, 0) is 6.42 Å². The van der Waals surface area contributed by atoms with Gasteiger partial charge in [0.2, 0.25) is 0 Å². The molecule has 0 fully saturated rings. The summed E-state index contributed by atoms with van der Waals surface area (Å²) in [6, 6.07) is 6.70. The van der Waals surface area contributed by atoms with Gasteiger partial charge in [-0.2, -0.15) is 0 Å². The minimum absolute atomic E-state index is 0.349. The van der Waals surface area contributed by atoms with E-state index in [0.717, 1.165) is 11.6 Å². The van der Waals surface area contributed by atoms with Crippen molar-refractivity contribution >= 4 is 0 Å². The number of hydrogen-bond acceptors (Lipinski definition) is 3. The zero-order valence-electron chi connectivity index (χ0n) is 9.61. The third-order valence-corrected chi connectivity index (χ3v) is 2.68. The van der Waals surface area contributed by atoms with Gasteiger partial charge < -0.3 is 0 Å². The fourth-order valence-electron chi connectivity index (χ4n) is 1.80. The Hall–Kier alpha value is -1.85. The second-order valence-corrected chi connectivity index (χ2v) is 3.98. The van der Waals surface area contributed by atoms with E-state index >= 15 is 0 Å². The van der Waals surface area contributed by atoms with Crippen LogP contribution in [0.4, 0.5) is 8.78 Å². The Balaban J connectivity index is 2.23. The second-order valence-electron chi connectivity index (χ2n) is 3.98. The van der Waals surface area contributed by atoms with E-state index in [1.165, 1.54) is 12.1 Å². The molecular formula is C13H13F2N3. The molecule has 1 aromatic heterocycles. The Bertz CT molecular complexity index is 497. The van der Waals surface area contributed by atoms with Crippen molar-refractivity contribution in [3.05, 3.63) is 65.5 Å². The molecule has 0 aliphatic heterocycles. The van der Waals surface area contributed by atoms with Crippen molar-refractivity contribution in [1.82, 2.24) is 10.4 Å². The van der Waals surface area contributed by atoms with Gasteiger partial charge in [-0.1, -0.05) is 0 Å². The molecule has 1 heterocycles. The number of pyridine rings is 1. The highest BCUT2D eigenvalue weighted by Crippen LogP contribution is 2.19. The zero-order chi connectivity index (χ0) is 13.0. The summed E-state index contributed by atoms with van der Waals surface area (Å²) in [5, 5.41) is 0. The molecule has 0 spiro atoms.